The Bertz CT molecular complexity index is 2850. The standard InChI is InChI=1S/C55H38N2/c1-4-18-39(19-5-1)41-34-36-44(37-35-41)56(45-25-16-22-42(38-45)40-20-6-2-7-21-40)53-33-17-30-50-54(53)46-26-10-11-27-47(46)55(50)48-28-12-14-31-51(48)57(43-23-8-3-9-24-43)52-32-15-13-29-49(52)55/h1-38H. The predicted octanol–water partition coefficient (Wildman–Crippen LogP) is 14.6. The molecule has 11 rings (SSSR count). The van der Waals surface area contributed by atoms with Crippen LogP contribution in [0, 0.1) is 0 Å². The van der Waals surface area contributed by atoms with Crippen LogP contribution in [-0.4, -0.2) is 0 Å². The molecule has 0 unspecified atom stereocenters. The van der Waals surface area contributed by atoms with Crippen molar-refractivity contribution in [1.82, 2.24) is 0 Å². The normalized spacial score (nSPS) is 13.0. The molecular weight excluding hydrogens is 689 g/mol. The van der Waals surface area contributed by atoms with Crippen LogP contribution >= 0.6 is 0 Å². The summed E-state index contributed by atoms with van der Waals surface area (Å²) in [5.41, 5.74) is 18.8. The molecule has 0 N–H and O–H groups in total. The number of para-hydroxylation sites is 3. The molecule has 0 fully saturated rings. The molecule has 0 saturated carbocycles. The van der Waals surface area contributed by atoms with Crippen molar-refractivity contribution in [3.8, 4) is 33.4 Å². The van der Waals surface area contributed by atoms with Gasteiger partial charge < -0.3 is 9.80 Å². The molecular formula is C55H38N2. The molecule has 9 aromatic carbocycles. The van der Waals surface area contributed by atoms with Crippen molar-refractivity contribution in [2.24, 2.45) is 0 Å². The summed E-state index contributed by atoms with van der Waals surface area (Å²) in [4.78, 5) is 4.91. The van der Waals surface area contributed by atoms with Crippen LogP contribution in [0.5, 0.6) is 0 Å². The fourth-order valence-corrected chi connectivity index (χ4v) is 9.49. The van der Waals surface area contributed by atoms with Gasteiger partial charge in [0.1, 0.15) is 0 Å². The second-order valence-corrected chi connectivity index (χ2v) is 14.9. The predicted molar refractivity (Wildman–Crippen MR) is 238 cm³/mol. The van der Waals surface area contributed by atoms with E-state index in [0.29, 0.717) is 0 Å². The van der Waals surface area contributed by atoms with Crippen LogP contribution in [0.25, 0.3) is 33.4 Å². The molecule has 2 heteroatoms. The zero-order valence-corrected chi connectivity index (χ0v) is 31.3. The van der Waals surface area contributed by atoms with Gasteiger partial charge in [0.25, 0.3) is 0 Å². The molecule has 1 aliphatic heterocycles. The van der Waals surface area contributed by atoms with Crippen molar-refractivity contribution in [3.05, 3.63) is 253 Å². The first kappa shape index (κ1) is 33.0. The third-order valence-electron chi connectivity index (χ3n) is 11.8. The minimum atomic E-state index is -0.547. The Labute approximate surface area is 334 Å². The zero-order chi connectivity index (χ0) is 37.8. The highest BCUT2D eigenvalue weighted by atomic mass is 15.2. The van der Waals surface area contributed by atoms with Crippen LogP contribution in [0.4, 0.5) is 34.1 Å². The smallest absolute Gasteiger partial charge is 0.0755 e. The fourth-order valence-electron chi connectivity index (χ4n) is 9.49. The summed E-state index contributed by atoms with van der Waals surface area (Å²) < 4.78 is 0. The van der Waals surface area contributed by atoms with E-state index in [0.717, 1.165) is 22.7 Å². The van der Waals surface area contributed by atoms with Crippen molar-refractivity contribution < 1.29 is 0 Å². The van der Waals surface area contributed by atoms with Crippen molar-refractivity contribution in [2.45, 2.75) is 5.41 Å². The van der Waals surface area contributed by atoms with Gasteiger partial charge in [-0.25, -0.2) is 0 Å². The van der Waals surface area contributed by atoms with Crippen LogP contribution in [0.3, 0.4) is 0 Å². The van der Waals surface area contributed by atoms with E-state index in [1.165, 1.54) is 67.0 Å². The van der Waals surface area contributed by atoms with Crippen LogP contribution in [0.1, 0.15) is 22.3 Å². The van der Waals surface area contributed by atoms with E-state index in [1.54, 1.807) is 0 Å². The maximum absolute atomic E-state index is 2.47. The Morgan fingerprint density at radius 3 is 1.49 bits per heavy atom. The summed E-state index contributed by atoms with van der Waals surface area (Å²) in [6.45, 7) is 0. The van der Waals surface area contributed by atoms with Crippen molar-refractivity contribution >= 4 is 34.1 Å². The lowest BCUT2D eigenvalue weighted by Crippen LogP contribution is -2.36. The Morgan fingerprint density at radius 1 is 0.333 bits per heavy atom. The minimum Gasteiger partial charge on any atom is -0.310 e. The maximum Gasteiger partial charge on any atom is 0.0755 e. The van der Waals surface area contributed by atoms with Gasteiger partial charge in [0, 0.05) is 22.6 Å². The summed E-state index contributed by atoms with van der Waals surface area (Å²) in [5.74, 6) is 0. The molecule has 0 bridgehead atoms. The fraction of sp³-hybridized carbons (Fsp3) is 0.0182. The van der Waals surface area contributed by atoms with Crippen LogP contribution < -0.4 is 9.80 Å². The number of rotatable bonds is 6. The molecule has 1 spiro atoms. The Hall–Kier alpha value is -7.42. The van der Waals surface area contributed by atoms with Gasteiger partial charge in [-0.3, -0.25) is 0 Å². The molecule has 9 aromatic rings. The summed E-state index contributed by atoms with van der Waals surface area (Å²) in [6.07, 6.45) is 0. The van der Waals surface area contributed by atoms with Gasteiger partial charge in [-0.2, -0.15) is 0 Å². The third kappa shape index (κ3) is 5.11. The Kier molecular flexibility index (Phi) is 7.75. The summed E-state index contributed by atoms with van der Waals surface area (Å²) in [5, 5.41) is 0. The van der Waals surface area contributed by atoms with E-state index >= 15 is 0 Å². The molecule has 0 amide bonds. The molecule has 1 aliphatic carbocycles. The molecule has 268 valence electrons. The van der Waals surface area contributed by atoms with E-state index in [4.69, 9.17) is 0 Å². The first-order valence-corrected chi connectivity index (χ1v) is 19.7. The Balaban J connectivity index is 1.18. The molecule has 0 radical (unpaired) electrons. The number of anilines is 6. The highest BCUT2D eigenvalue weighted by Crippen LogP contribution is 2.65. The highest BCUT2D eigenvalue weighted by molar-refractivity contribution is 6.01. The molecule has 0 atom stereocenters. The molecule has 57 heavy (non-hydrogen) atoms. The lowest BCUT2D eigenvalue weighted by Gasteiger charge is -2.45. The first-order valence-electron chi connectivity index (χ1n) is 19.7. The van der Waals surface area contributed by atoms with E-state index in [1.807, 2.05) is 0 Å². The van der Waals surface area contributed by atoms with E-state index in [9.17, 15) is 0 Å². The van der Waals surface area contributed by atoms with Crippen LogP contribution in [0.15, 0.2) is 231 Å². The SMILES string of the molecule is c1ccc(-c2ccc(N(c3cccc(-c4ccccc4)c3)c3cccc4c3-c3ccccc3C43c4ccccc4N(c4ccccc4)c4ccccc43)cc2)cc1. The highest BCUT2D eigenvalue weighted by Gasteiger charge is 2.52. The quantitative estimate of drug-likeness (QED) is 0.168. The average molecular weight is 727 g/mol. The van der Waals surface area contributed by atoms with E-state index in [-0.39, 0.29) is 0 Å². The van der Waals surface area contributed by atoms with Crippen molar-refractivity contribution in [3.63, 3.8) is 0 Å². The van der Waals surface area contributed by atoms with Gasteiger partial charge in [-0.05, 0) is 105 Å². The maximum atomic E-state index is 2.47. The zero-order valence-electron chi connectivity index (χ0n) is 31.3. The van der Waals surface area contributed by atoms with E-state index < -0.39 is 5.41 Å². The van der Waals surface area contributed by atoms with Crippen molar-refractivity contribution in [2.75, 3.05) is 9.80 Å². The number of benzene rings is 9. The molecule has 2 aliphatic rings. The first-order chi connectivity index (χ1) is 28.3. The number of hydrogen-bond donors (Lipinski definition) is 0. The summed E-state index contributed by atoms with van der Waals surface area (Å²) in [7, 11) is 0. The molecule has 0 aromatic heterocycles. The van der Waals surface area contributed by atoms with Gasteiger partial charge in [-0.1, -0.05) is 176 Å². The van der Waals surface area contributed by atoms with Gasteiger partial charge in [0.05, 0.1) is 22.5 Å². The average Bonchev–Trinajstić information content (AvgIpc) is 3.59. The Morgan fingerprint density at radius 2 is 0.825 bits per heavy atom. The lowest BCUT2D eigenvalue weighted by atomic mass is 9.64. The van der Waals surface area contributed by atoms with Gasteiger partial charge in [-0.15, -0.1) is 0 Å². The summed E-state index contributed by atoms with van der Waals surface area (Å²) >= 11 is 0. The monoisotopic (exact) mass is 726 g/mol. The second-order valence-electron chi connectivity index (χ2n) is 14.9. The number of fused-ring (bicyclic) bond motifs is 9. The van der Waals surface area contributed by atoms with Crippen molar-refractivity contribution in [1.29, 1.82) is 0 Å². The number of nitrogens with zero attached hydrogens (tertiary/aromatic N) is 2. The van der Waals surface area contributed by atoms with Gasteiger partial charge >= 0.3 is 0 Å². The van der Waals surface area contributed by atoms with E-state index in [2.05, 4.69) is 240 Å². The lowest BCUT2D eigenvalue weighted by molar-refractivity contribution is 0.752. The third-order valence-corrected chi connectivity index (χ3v) is 11.8. The molecule has 0 saturated heterocycles. The van der Waals surface area contributed by atoms with Crippen LogP contribution in [-0.2, 0) is 5.41 Å². The molecule has 1 heterocycles. The second kappa shape index (κ2) is 13.4. The molecule has 2 nitrogen and oxygen atoms in total. The summed E-state index contributed by atoms with van der Waals surface area (Å²) in [6, 6.07) is 84.2. The van der Waals surface area contributed by atoms with Gasteiger partial charge in [0.15, 0.2) is 0 Å². The van der Waals surface area contributed by atoms with Gasteiger partial charge in [0.2, 0.25) is 0 Å². The largest absolute Gasteiger partial charge is 0.310 e. The topological polar surface area (TPSA) is 6.48 Å². The minimum absolute atomic E-state index is 0.547. The number of hydrogen-bond acceptors (Lipinski definition) is 2. The van der Waals surface area contributed by atoms with Crippen LogP contribution in [0.2, 0.25) is 0 Å².